The quantitative estimate of drug-likeness (QED) is 0.579. The third-order valence-corrected chi connectivity index (χ3v) is 4.39. The molecule has 0 nitrogen and oxygen atoms in total. The Morgan fingerprint density at radius 3 is 2.05 bits per heavy atom. The zero-order valence-corrected chi connectivity index (χ0v) is 13.4. The molecule has 0 N–H and O–H groups in total. The molecule has 0 aliphatic carbocycles. The Balaban J connectivity index is 2.22. The predicted octanol–water partition coefficient (Wildman–Crippen LogP) is 6.04. The Bertz CT molecular complexity index is 510. The van der Waals surface area contributed by atoms with Crippen LogP contribution in [0.25, 0.3) is 0 Å². The molecule has 1 atom stereocenters. The largest absolute Gasteiger partial charge is 0.0622 e. The minimum absolute atomic E-state index is 0.248. The predicted molar refractivity (Wildman–Crippen MR) is 92.3 cm³/mol. The number of rotatable bonds is 7. The van der Waals surface area contributed by atoms with Crippen LogP contribution in [0.2, 0.25) is 0 Å². The van der Waals surface area contributed by atoms with E-state index in [0.29, 0.717) is 5.92 Å². The van der Waals surface area contributed by atoms with Crippen LogP contribution < -0.4 is 0 Å². The first-order valence-corrected chi connectivity index (χ1v) is 8.01. The van der Waals surface area contributed by atoms with Gasteiger partial charge in [0.15, 0.2) is 0 Å². The van der Waals surface area contributed by atoms with E-state index >= 15 is 0 Å². The maximum Gasteiger partial charge on any atom is -0.0107 e. The highest BCUT2D eigenvalue weighted by Gasteiger charge is 2.30. The fourth-order valence-electron chi connectivity index (χ4n) is 3.29. The number of benzene rings is 2. The van der Waals surface area contributed by atoms with Gasteiger partial charge in [-0.25, -0.2) is 0 Å². The summed E-state index contributed by atoms with van der Waals surface area (Å²) in [4.78, 5) is 0. The highest BCUT2D eigenvalue weighted by atomic mass is 14.3. The molecular weight excluding hydrogens is 252 g/mol. The van der Waals surface area contributed by atoms with Crippen LogP contribution in [0.5, 0.6) is 0 Å². The molecule has 1 radical (unpaired) electrons. The van der Waals surface area contributed by atoms with Gasteiger partial charge in [-0.1, -0.05) is 94.3 Å². The van der Waals surface area contributed by atoms with Gasteiger partial charge in [-0.15, -0.1) is 0 Å². The molecule has 0 bridgehead atoms. The van der Waals surface area contributed by atoms with Gasteiger partial charge in [0.2, 0.25) is 0 Å². The van der Waals surface area contributed by atoms with Crippen LogP contribution in [-0.4, -0.2) is 0 Å². The maximum atomic E-state index is 4.02. The molecule has 1 unspecified atom stereocenters. The molecule has 111 valence electrons. The topological polar surface area (TPSA) is 0 Å². The minimum atomic E-state index is 0.248. The number of unbranched alkanes of at least 4 members (excludes halogenated alkanes) is 1. The molecule has 2 aromatic rings. The van der Waals surface area contributed by atoms with Crippen molar-refractivity contribution in [2.45, 2.75) is 45.4 Å². The highest BCUT2D eigenvalue weighted by Crippen LogP contribution is 2.41. The summed E-state index contributed by atoms with van der Waals surface area (Å²) in [5.74, 6) is 0.584. The summed E-state index contributed by atoms with van der Waals surface area (Å²) in [5, 5.41) is 0. The standard InChI is InChI=1S/C21H27/c1-4-5-16-20(19-14-10-7-11-15-19)21(2,3)17-18-12-8-6-9-13-18/h6-15,20H,1,4-5,16-17H2,2-3H3. The fourth-order valence-corrected chi connectivity index (χ4v) is 3.29. The molecule has 0 aromatic heterocycles. The molecule has 0 amide bonds. The van der Waals surface area contributed by atoms with Crippen LogP contribution >= 0.6 is 0 Å². The second kappa shape index (κ2) is 7.45. The highest BCUT2D eigenvalue weighted by molar-refractivity contribution is 5.24. The van der Waals surface area contributed by atoms with E-state index in [2.05, 4.69) is 81.4 Å². The van der Waals surface area contributed by atoms with E-state index in [1.165, 1.54) is 24.0 Å². The molecular formula is C21H27. The monoisotopic (exact) mass is 279 g/mol. The van der Waals surface area contributed by atoms with Gasteiger partial charge < -0.3 is 0 Å². The van der Waals surface area contributed by atoms with Crippen molar-refractivity contribution in [3.63, 3.8) is 0 Å². The van der Waals surface area contributed by atoms with Crippen LogP contribution in [0.3, 0.4) is 0 Å². The number of hydrogen-bond acceptors (Lipinski definition) is 0. The summed E-state index contributed by atoms with van der Waals surface area (Å²) in [6.07, 6.45) is 4.54. The molecule has 0 heteroatoms. The fraction of sp³-hybridized carbons (Fsp3) is 0.381. The van der Waals surface area contributed by atoms with Crippen molar-refractivity contribution in [2.75, 3.05) is 0 Å². The van der Waals surface area contributed by atoms with Gasteiger partial charge >= 0.3 is 0 Å². The van der Waals surface area contributed by atoms with Gasteiger partial charge in [-0.05, 0) is 35.3 Å². The van der Waals surface area contributed by atoms with Gasteiger partial charge in [0, 0.05) is 0 Å². The Morgan fingerprint density at radius 1 is 0.905 bits per heavy atom. The molecule has 2 aromatic carbocycles. The first-order valence-electron chi connectivity index (χ1n) is 8.01. The molecule has 0 fully saturated rings. The average molecular weight is 279 g/mol. The van der Waals surface area contributed by atoms with Gasteiger partial charge in [0.05, 0.1) is 0 Å². The van der Waals surface area contributed by atoms with Crippen molar-refractivity contribution in [2.24, 2.45) is 5.41 Å². The summed E-state index contributed by atoms with van der Waals surface area (Å²) in [5.41, 5.74) is 3.14. The van der Waals surface area contributed by atoms with Crippen LogP contribution in [0.15, 0.2) is 60.7 Å². The lowest BCUT2D eigenvalue weighted by atomic mass is 9.69. The number of hydrogen-bond donors (Lipinski definition) is 0. The Labute approximate surface area is 130 Å². The van der Waals surface area contributed by atoms with E-state index < -0.39 is 0 Å². The lowest BCUT2D eigenvalue weighted by molar-refractivity contribution is 0.266. The van der Waals surface area contributed by atoms with Crippen LogP contribution in [-0.2, 0) is 6.42 Å². The van der Waals surface area contributed by atoms with Gasteiger partial charge in [0.1, 0.15) is 0 Å². The Kier molecular flexibility index (Phi) is 5.61. The summed E-state index contributed by atoms with van der Waals surface area (Å²) in [7, 11) is 0. The smallest absolute Gasteiger partial charge is 0.0107 e. The molecule has 0 aliphatic rings. The Morgan fingerprint density at radius 2 is 1.48 bits per heavy atom. The molecule has 0 aliphatic heterocycles. The minimum Gasteiger partial charge on any atom is -0.0622 e. The van der Waals surface area contributed by atoms with Crippen molar-refractivity contribution in [3.05, 3.63) is 78.7 Å². The molecule has 0 spiro atoms. The van der Waals surface area contributed by atoms with E-state index in [1.54, 1.807) is 0 Å². The van der Waals surface area contributed by atoms with E-state index in [4.69, 9.17) is 0 Å². The van der Waals surface area contributed by atoms with Crippen LogP contribution in [0.1, 0.15) is 50.2 Å². The van der Waals surface area contributed by atoms with Crippen molar-refractivity contribution in [1.29, 1.82) is 0 Å². The summed E-state index contributed by atoms with van der Waals surface area (Å²) in [6, 6.07) is 21.8. The average Bonchev–Trinajstić information content (AvgIpc) is 2.49. The summed E-state index contributed by atoms with van der Waals surface area (Å²) < 4.78 is 0. The molecule has 0 heterocycles. The van der Waals surface area contributed by atoms with Gasteiger partial charge in [-0.3, -0.25) is 0 Å². The second-order valence-corrected chi connectivity index (χ2v) is 6.61. The van der Waals surface area contributed by atoms with Crippen molar-refractivity contribution < 1.29 is 0 Å². The van der Waals surface area contributed by atoms with E-state index in [-0.39, 0.29) is 5.41 Å². The van der Waals surface area contributed by atoms with Crippen molar-refractivity contribution in [1.82, 2.24) is 0 Å². The maximum absolute atomic E-state index is 4.02. The zero-order valence-electron chi connectivity index (χ0n) is 13.4. The third kappa shape index (κ3) is 4.46. The van der Waals surface area contributed by atoms with Gasteiger partial charge in [-0.2, -0.15) is 0 Å². The van der Waals surface area contributed by atoms with Crippen molar-refractivity contribution >= 4 is 0 Å². The molecule has 0 saturated heterocycles. The van der Waals surface area contributed by atoms with E-state index in [0.717, 1.165) is 12.8 Å². The van der Waals surface area contributed by atoms with Crippen molar-refractivity contribution in [3.8, 4) is 0 Å². The summed E-state index contributed by atoms with van der Waals surface area (Å²) >= 11 is 0. The van der Waals surface area contributed by atoms with E-state index in [1.807, 2.05) is 0 Å². The third-order valence-electron chi connectivity index (χ3n) is 4.39. The van der Waals surface area contributed by atoms with Crippen LogP contribution in [0, 0.1) is 12.3 Å². The lowest BCUT2D eigenvalue weighted by Crippen LogP contribution is -2.25. The summed E-state index contributed by atoms with van der Waals surface area (Å²) in [6.45, 7) is 8.82. The SMILES string of the molecule is [CH2]CCCC(c1ccccc1)C(C)(C)Cc1ccccc1. The normalized spacial score (nSPS) is 13.1. The second-order valence-electron chi connectivity index (χ2n) is 6.61. The zero-order chi connectivity index (χ0) is 15.1. The Hall–Kier alpha value is -1.56. The lowest BCUT2D eigenvalue weighted by Gasteiger charge is -2.35. The first kappa shape index (κ1) is 15.8. The van der Waals surface area contributed by atoms with Crippen LogP contribution in [0.4, 0.5) is 0 Å². The van der Waals surface area contributed by atoms with Gasteiger partial charge in [0.25, 0.3) is 0 Å². The first-order chi connectivity index (χ1) is 10.1. The molecule has 0 saturated carbocycles. The molecule has 21 heavy (non-hydrogen) atoms. The molecule has 2 rings (SSSR count). The van der Waals surface area contributed by atoms with E-state index in [9.17, 15) is 0 Å².